The largest absolute Gasteiger partial charge is 0.573 e. The number of hydrogen-bond acceptors (Lipinski definition) is 1. The highest BCUT2D eigenvalue weighted by molar-refractivity contribution is 7.45. The predicted molar refractivity (Wildman–Crippen MR) is 79.2 cm³/mol. The van der Waals surface area contributed by atoms with Gasteiger partial charge in [0, 0.05) is 41.0 Å². The monoisotopic (exact) mass is 309 g/mol. The number of rotatable bonds is 2. The molecule has 0 radical (unpaired) electrons. The van der Waals surface area contributed by atoms with Crippen LogP contribution in [0.25, 0.3) is 15.0 Å². The highest BCUT2D eigenvalue weighted by Crippen LogP contribution is 2.43. The van der Waals surface area contributed by atoms with Gasteiger partial charge in [0.1, 0.15) is 5.75 Å². The maximum absolute atomic E-state index is 12.2. The van der Waals surface area contributed by atoms with E-state index in [0.29, 0.717) is 0 Å². The molecule has 3 rings (SSSR count). The van der Waals surface area contributed by atoms with Crippen molar-refractivity contribution in [3.8, 4) is 10.6 Å². The molecule has 0 saturated carbocycles. The Balaban J connectivity index is 2.01. The van der Waals surface area contributed by atoms with Crippen LogP contribution in [0, 0.1) is 6.92 Å². The zero-order chi connectivity index (χ0) is 15.0. The molecule has 0 aliphatic carbocycles. The van der Waals surface area contributed by atoms with Crippen LogP contribution in [0.2, 0.25) is 0 Å². The van der Waals surface area contributed by atoms with Crippen LogP contribution in [0.5, 0.6) is 5.75 Å². The molecule has 5 heteroatoms. The molecule has 1 heterocycles. The summed E-state index contributed by atoms with van der Waals surface area (Å²) in [5.74, 6) is -0.191. The Morgan fingerprint density at radius 1 is 0.952 bits per heavy atom. The van der Waals surface area contributed by atoms with Crippen molar-refractivity contribution in [3.63, 3.8) is 0 Å². The van der Waals surface area contributed by atoms with Crippen molar-refractivity contribution in [2.24, 2.45) is 0 Å². The van der Waals surface area contributed by atoms with Gasteiger partial charge in [-0.3, -0.25) is 0 Å². The van der Waals surface area contributed by atoms with E-state index in [4.69, 9.17) is 0 Å². The molecule has 2 aromatic carbocycles. The number of alkyl halides is 3. The minimum atomic E-state index is -4.65. The topological polar surface area (TPSA) is 9.23 Å². The molecule has 0 bridgehead atoms. The average Bonchev–Trinajstić information content (AvgIpc) is 2.74. The van der Waals surface area contributed by atoms with Crippen LogP contribution in [0.15, 0.2) is 54.6 Å². The summed E-state index contributed by atoms with van der Waals surface area (Å²) in [6.07, 6.45) is -4.65. The fraction of sp³-hybridized carbons (Fsp3) is 0.125. The molecule has 0 saturated heterocycles. The summed E-state index contributed by atoms with van der Waals surface area (Å²) in [7, 11) is -0.217. The summed E-state index contributed by atoms with van der Waals surface area (Å²) in [6, 6.07) is 16.3. The Kier molecular flexibility index (Phi) is 3.37. The average molecular weight is 309 g/mol. The quantitative estimate of drug-likeness (QED) is 0.545. The van der Waals surface area contributed by atoms with Crippen LogP contribution in [0.3, 0.4) is 0 Å². The van der Waals surface area contributed by atoms with E-state index in [1.54, 1.807) is 12.1 Å². The predicted octanol–water partition coefficient (Wildman–Crippen LogP) is 5.79. The molecule has 0 fully saturated rings. The van der Waals surface area contributed by atoms with Gasteiger partial charge >= 0.3 is 6.36 Å². The second-order valence-corrected chi connectivity index (χ2v) is 6.79. The van der Waals surface area contributed by atoms with Crippen molar-refractivity contribution < 1.29 is 17.9 Å². The second-order valence-electron chi connectivity index (χ2n) is 4.62. The Hall–Kier alpha value is -2.01. The second kappa shape index (κ2) is 5.07. The van der Waals surface area contributed by atoms with Gasteiger partial charge in [0.15, 0.2) is 14.5 Å². The minimum Gasteiger partial charge on any atom is -0.406 e. The molecule has 0 aliphatic rings. The van der Waals surface area contributed by atoms with E-state index in [-0.39, 0.29) is 16.2 Å². The van der Waals surface area contributed by atoms with Gasteiger partial charge in [0.05, 0.1) is 0 Å². The van der Waals surface area contributed by atoms with Gasteiger partial charge < -0.3 is 4.74 Å². The van der Waals surface area contributed by atoms with E-state index in [2.05, 4.69) is 16.9 Å². The highest BCUT2D eigenvalue weighted by Gasteiger charge is 2.31. The minimum absolute atomic E-state index is 0.191. The molecule has 21 heavy (non-hydrogen) atoms. The first-order chi connectivity index (χ1) is 9.94. The standard InChI is InChI=1S/C16H12F3OS/c1-11-10-12-4-2-3-5-15(12)21(11)14-8-6-13(7-9-14)20-16(17,18)19/h2-10H,1H3/q+1. The number of hydrogen-bond donors (Lipinski definition) is 0. The number of ether oxygens (including phenoxy) is 1. The summed E-state index contributed by atoms with van der Waals surface area (Å²) in [5.41, 5.74) is 0. The first kappa shape index (κ1) is 13.9. The third kappa shape index (κ3) is 2.88. The van der Waals surface area contributed by atoms with Crippen LogP contribution in [0.1, 0.15) is 4.88 Å². The van der Waals surface area contributed by atoms with E-state index in [1.807, 2.05) is 25.1 Å². The molecule has 0 spiro atoms. The van der Waals surface area contributed by atoms with Gasteiger partial charge in [0.25, 0.3) is 0 Å². The smallest absolute Gasteiger partial charge is 0.406 e. The summed E-state index contributed by atoms with van der Waals surface area (Å²) in [4.78, 5) is 2.20. The summed E-state index contributed by atoms with van der Waals surface area (Å²) in [6.45, 7) is 2.04. The Labute approximate surface area is 122 Å². The van der Waals surface area contributed by atoms with Crippen molar-refractivity contribution in [2.45, 2.75) is 13.3 Å². The third-order valence-electron chi connectivity index (χ3n) is 3.11. The number of fused-ring (bicyclic) bond motifs is 1. The zero-order valence-corrected chi connectivity index (χ0v) is 12.0. The summed E-state index contributed by atoms with van der Waals surface area (Å²) in [5, 5.41) is 1.17. The number of halogens is 3. The molecular formula is C16H12F3OS+. The van der Waals surface area contributed by atoms with Crippen molar-refractivity contribution in [1.82, 2.24) is 0 Å². The lowest BCUT2D eigenvalue weighted by atomic mass is 10.2. The van der Waals surface area contributed by atoms with Gasteiger partial charge in [-0.2, -0.15) is 0 Å². The van der Waals surface area contributed by atoms with Gasteiger partial charge in [-0.15, -0.1) is 13.2 Å². The first-order valence-corrected chi connectivity index (χ1v) is 7.54. The van der Waals surface area contributed by atoms with Crippen molar-refractivity contribution >= 4 is 20.6 Å². The van der Waals surface area contributed by atoms with Crippen LogP contribution in [-0.2, 0) is 0 Å². The van der Waals surface area contributed by atoms with Crippen LogP contribution in [-0.4, -0.2) is 6.36 Å². The molecule has 1 atom stereocenters. The molecule has 1 unspecified atom stereocenters. The number of benzene rings is 2. The molecular weight excluding hydrogens is 297 g/mol. The molecule has 0 amide bonds. The van der Waals surface area contributed by atoms with E-state index in [0.717, 1.165) is 4.90 Å². The van der Waals surface area contributed by atoms with Gasteiger partial charge in [0.2, 0.25) is 0 Å². The Morgan fingerprint density at radius 3 is 2.29 bits per heavy atom. The number of thiophene rings is 1. The number of aryl methyl sites for hydroxylation is 1. The fourth-order valence-corrected chi connectivity index (χ4v) is 4.53. The van der Waals surface area contributed by atoms with Crippen molar-refractivity contribution in [1.29, 1.82) is 0 Å². The lowest BCUT2D eigenvalue weighted by Gasteiger charge is -2.07. The summed E-state index contributed by atoms with van der Waals surface area (Å²) >= 11 is 0. The lowest BCUT2D eigenvalue weighted by Crippen LogP contribution is -2.16. The zero-order valence-electron chi connectivity index (χ0n) is 11.1. The third-order valence-corrected chi connectivity index (χ3v) is 5.43. The highest BCUT2D eigenvalue weighted by atomic mass is 32.2. The molecule has 0 aliphatic heterocycles. The van der Waals surface area contributed by atoms with Crippen LogP contribution < -0.4 is 4.74 Å². The van der Waals surface area contributed by atoms with Crippen LogP contribution in [0.4, 0.5) is 13.2 Å². The Bertz CT molecular complexity index is 772. The van der Waals surface area contributed by atoms with E-state index < -0.39 is 6.36 Å². The van der Waals surface area contributed by atoms with Gasteiger partial charge in [-0.25, -0.2) is 0 Å². The van der Waals surface area contributed by atoms with E-state index in [9.17, 15) is 13.2 Å². The molecule has 3 aromatic rings. The normalized spacial score (nSPS) is 12.7. The molecule has 0 N–H and O–H groups in total. The van der Waals surface area contributed by atoms with Crippen molar-refractivity contribution in [3.05, 3.63) is 59.5 Å². The molecule has 1 nitrogen and oxygen atoms in total. The van der Waals surface area contributed by atoms with E-state index >= 15 is 0 Å². The molecule has 108 valence electrons. The maximum atomic E-state index is 12.2. The van der Waals surface area contributed by atoms with E-state index in [1.165, 1.54) is 27.1 Å². The fourth-order valence-electron chi connectivity index (χ4n) is 2.33. The SMILES string of the molecule is Cc1cc2ccccc2[s+]1-c1ccc(OC(F)(F)F)cc1. The van der Waals surface area contributed by atoms with Gasteiger partial charge in [-0.05, 0) is 24.3 Å². The van der Waals surface area contributed by atoms with Crippen molar-refractivity contribution in [2.75, 3.05) is 0 Å². The first-order valence-electron chi connectivity index (χ1n) is 6.31. The van der Waals surface area contributed by atoms with Crippen LogP contribution >= 0.6 is 10.5 Å². The summed E-state index contributed by atoms with van der Waals surface area (Å²) < 4.78 is 41.6. The lowest BCUT2D eigenvalue weighted by molar-refractivity contribution is -0.274. The molecule has 1 aromatic heterocycles. The Morgan fingerprint density at radius 2 is 1.62 bits per heavy atom. The maximum Gasteiger partial charge on any atom is 0.573 e. The van der Waals surface area contributed by atoms with Gasteiger partial charge in [-0.1, -0.05) is 12.1 Å².